The number of aliphatic carboxylic acids is 1. The van der Waals surface area contributed by atoms with Crippen molar-refractivity contribution in [3.05, 3.63) is 15.9 Å². The molecule has 0 amide bonds. The highest BCUT2D eigenvalue weighted by atomic mass is 16.6. The Morgan fingerprint density at radius 3 is 2.79 bits per heavy atom. The molecular formula is C11H16N4O4. The van der Waals surface area contributed by atoms with Gasteiger partial charge in [0.15, 0.2) is 0 Å². The Kier molecular flexibility index (Phi) is 3.41. The van der Waals surface area contributed by atoms with E-state index in [0.717, 1.165) is 12.8 Å². The quantitative estimate of drug-likeness (QED) is 0.650. The van der Waals surface area contributed by atoms with Gasteiger partial charge in [0.1, 0.15) is 6.04 Å². The number of carboxylic acids is 1. The summed E-state index contributed by atoms with van der Waals surface area (Å²) in [5.41, 5.74) is 0. The van der Waals surface area contributed by atoms with Crippen LogP contribution in [-0.2, 0) is 11.8 Å². The van der Waals surface area contributed by atoms with Crippen LogP contribution in [0, 0.1) is 17.0 Å². The molecule has 104 valence electrons. The zero-order valence-electron chi connectivity index (χ0n) is 10.9. The highest BCUT2D eigenvalue weighted by Gasteiger charge is 2.36. The van der Waals surface area contributed by atoms with Gasteiger partial charge in [-0.1, -0.05) is 0 Å². The summed E-state index contributed by atoms with van der Waals surface area (Å²) in [4.78, 5) is 27.3. The van der Waals surface area contributed by atoms with Crippen LogP contribution in [0.15, 0.2) is 0 Å². The first kappa shape index (κ1) is 13.3. The predicted molar refractivity (Wildman–Crippen MR) is 67.2 cm³/mol. The predicted octanol–water partition coefficient (Wildman–Crippen LogP) is 1.08. The number of carboxylic acid groups (broad SMARTS) is 1. The summed E-state index contributed by atoms with van der Waals surface area (Å²) in [6.07, 6.45) is 2.14. The minimum absolute atomic E-state index is 0.270. The molecule has 8 nitrogen and oxygen atoms in total. The molecule has 1 saturated heterocycles. The van der Waals surface area contributed by atoms with Gasteiger partial charge in [0.05, 0.1) is 0 Å². The van der Waals surface area contributed by atoms with Gasteiger partial charge in [-0.2, -0.15) is 0 Å². The Bertz CT molecular complexity index is 525. The highest BCUT2D eigenvalue weighted by Crippen LogP contribution is 2.32. The SMILES string of the molecule is Cc1nc([N+](=O)[O-])c(N2CCCCC2C(=O)O)n1C. The molecule has 0 spiro atoms. The van der Waals surface area contributed by atoms with Crippen molar-refractivity contribution < 1.29 is 14.8 Å². The molecule has 0 aliphatic carbocycles. The lowest BCUT2D eigenvalue weighted by Crippen LogP contribution is -2.45. The lowest BCUT2D eigenvalue weighted by Gasteiger charge is -2.33. The van der Waals surface area contributed by atoms with Crippen molar-refractivity contribution in [1.29, 1.82) is 0 Å². The Balaban J connectivity index is 2.49. The number of hydrogen-bond acceptors (Lipinski definition) is 5. The average Bonchev–Trinajstić information content (AvgIpc) is 2.66. The molecule has 8 heteroatoms. The van der Waals surface area contributed by atoms with E-state index < -0.39 is 16.9 Å². The summed E-state index contributed by atoms with van der Waals surface area (Å²) >= 11 is 0. The molecule has 1 aromatic heterocycles. The summed E-state index contributed by atoms with van der Waals surface area (Å²) in [5, 5.41) is 20.3. The number of hydrogen-bond donors (Lipinski definition) is 1. The summed E-state index contributed by atoms with van der Waals surface area (Å²) in [6.45, 7) is 2.16. The molecule has 1 aliphatic rings. The minimum Gasteiger partial charge on any atom is -0.480 e. The van der Waals surface area contributed by atoms with Crippen LogP contribution in [0.25, 0.3) is 0 Å². The van der Waals surface area contributed by atoms with Gasteiger partial charge >= 0.3 is 11.8 Å². The van der Waals surface area contributed by atoms with Crippen molar-refractivity contribution in [2.45, 2.75) is 32.2 Å². The lowest BCUT2D eigenvalue weighted by molar-refractivity contribution is -0.388. The van der Waals surface area contributed by atoms with Gasteiger partial charge in [-0.3, -0.25) is 4.57 Å². The number of aromatic nitrogens is 2. The van der Waals surface area contributed by atoms with Crippen molar-refractivity contribution in [2.24, 2.45) is 7.05 Å². The van der Waals surface area contributed by atoms with Crippen molar-refractivity contribution in [1.82, 2.24) is 9.55 Å². The van der Waals surface area contributed by atoms with Crippen molar-refractivity contribution in [2.75, 3.05) is 11.4 Å². The monoisotopic (exact) mass is 268 g/mol. The van der Waals surface area contributed by atoms with Gasteiger partial charge in [-0.15, -0.1) is 0 Å². The molecule has 1 unspecified atom stereocenters. The van der Waals surface area contributed by atoms with E-state index in [1.54, 1.807) is 23.4 Å². The van der Waals surface area contributed by atoms with E-state index in [4.69, 9.17) is 0 Å². The van der Waals surface area contributed by atoms with Crippen LogP contribution < -0.4 is 4.90 Å². The molecule has 0 aromatic carbocycles. The van der Waals surface area contributed by atoms with Crippen molar-refractivity contribution >= 4 is 17.6 Å². The second-order valence-electron chi connectivity index (χ2n) is 4.67. The molecule has 1 fully saturated rings. The number of anilines is 1. The normalized spacial score (nSPS) is 19.5. The third-order valence-corrected chi connectivity index (χ3v) is 3.50. The lowest BCUT2D eigenvalue weighted by atomic mass is 10.0. The Hall–Kier alpha value is -2.12. The Morgan fingerprint density at radius 2 is 2.21 bits per heavy atom. The van der Waals surface area contributed by atoms with E-state index in [1.165, 1.54) is 0 Å². The number of carbonyl (C=O) groups is 1. The fraction of sp³-hybridized carbons (Fsp3) is 0.636. The van der Waals surface area contributed by atoms with Crippen LogP contribution in [0.3, 0.4) is 0 Å². The minimum atomic E-state index is -0.951. The number of nitrogens with zero attached hydrogens (tertiary/aromatic N) is 4. The molecule has 2 heterocycles. The molecule has 0 saturated carbocycles. The Labute approximate surface area is 109 Å². The molecule has 1 aromatic rings. The maximum atomic E-state index is 11.3. The molecular weight excluding hydrogens is 252 g/mol. The van der Waals surface area contributed by atoms with E-state index in [0.29, 0.717) is 18.8 Å². The highest BCUT2D eigenvalue weighted by molar-refractivity contribution is 5.79. The molecule has 19 heavy (non-hydrogen) atoms. The van der Waals surface area contributed by atoms with E-state index >= 15 is 0 Å². The summed E-state index contributed by atoms with van der Waals surface area (Å²) in [7, 11) is 1.66. The fourth-order valence-corrected chi connectivity index (χ4v) is 2.47. The Morgan fingerprint density at radius 1 is 1.53 bits per heavy atom. The zero-order chi connectivity index (χ0) is 14.2. The second kappa shape index (κ2) is 4.87. The van der Waals surface area contributed by atoms with E-state index in [1.807, 2.05) is 0 Å². The summed E-state index contributed by atoms with van der Waals surface area (Å²) in [5.74, 6) is -0.438. The van der Waals surface area contributed by atoms with Crippen LogP contribution in [0.4, 0.5) is 11.6 Å². The first-order valence-corrected chi connectivity index (χ1v) is 6.10. The number of piperidine rings is 1. The van der Waals surface area contributed by atoms with Gasteiger partial charge in [-0.25, -0.2) is 4.79 Å². The molecule has 1 N–H and O–H groups in total. The van der Waals surface area contributed by atoms with E-state index in [2.05, 4.69) is 4.98 Å². The van der Waals surface area contributed by atoms with E-state index in [-0.39, 0.29) is 11.6 Å². The fourth-order valence-electron chi connectivity index (χ4n) is 2.47. The van der Waals surface area contributed by atoms with Gasteiger partial charge in [0, 0.05) is 20.5 Å². The molecule has 2 rings (SSSR count). The first-order chi connectivity index (χ1) is 8.93. The number of imidazole rings is 1. The molecule has 1 atom stereocenters. The third kappa shape index (κ3) is 2.25. The van der Waals surface area contributed by atoms with Crippen molar-refractivity contribution in [3.8, 4) is 0 Å². The largest absolute Gasteiger partial charge is 0.480 e. The number of aryl methyl sites for hydroxylation is 1. The average molecular weight is 268 g/mol. The van der Waals surface area contributed by atoms with Gasteiger partial charge in [0.25, 0.3) is 0 Å². The molecule has 0 bridgehead atoms. The zero-order valence-corrected chi connectivity index (χ0v) is 10.9. The van der Waals surface area contributed by atoms with Crippen LogP contribution in [0.5, 0.6) is 0 Å². The van der Waals surface area contributed by atoms with Crippen LogP contribution in [-0.4, -0.2) is 38.1 Å². The topological polar surface area (TPSA) is 102 Å². The number of rotatable bonds is 3. The van der Waals surface area contributed by atoms with Crippen LogP contribution >= 0.6 is 0 Å². The van der Waals surface area contributed by atoms with E-state index in [9.17, 15) is 20.0 Å². The standard InChI is InChI=1S/C11H16N4O4/c1-7-12-9(15(18)19)10(13(7)2)14-6-4-3-5-8(14)11(16)17/h8H,3-6H2,1-2H3,(H,16,17). The van der Waals surface area contributed by atoms with Gasteiger partial charge < -0.3 is 20.1 Å². The second-order valence-corrected chi connectivity index (χ2v) is 4.67. The number of nitro groups is 1. The molecule has 1 aliphatic heterocycles. The third-order valence-electron chi connectivity index (χ3n) is 3.50. The van der Waals surface area contributed by atoms with Crippen LogP contribution in [0.2, 0.25) is 0 Å². The van der Waals surface area contributed by atoms with Gasteiger partial charge in [0.2, 0.25) is 11.6 Å². The maximum absolute atomic E-state index is 11.3. The molecule has 0 radical (unpaired) electrons. The van der Waals surface area contributed by atoms with Gasteiger partial charge in [-0.05, 0) is 29.2 Å². The van der Waals surface area contributed by atoms with Crippen molar-refractivity contribution in [3.63, 3.8) is 0 Å². The first-order valence-electron chi connectivity index (χ1n) is 6.10. The maximum Gasteiger partial charge on any atom is 0.406 e. The smallest absolute Gasteiger partial charge is 0.406 e. The summed E-state index contributed by atoms with van der Waals surface area (Å²) in [6, 6.07) is -0.720. The van der Waals surface area contributed by atoms with Crippen LogP contribution in [0.1, 0.15) is 25.1 Å². The summed E-state index contributed by atoms with van der Waals surface area (Å²) < 4.78 is 1.58.